The van der Waals surface area contributed by atoms with E-state index in [0.717, 1.165) is 13.0 Å². The molecule has 0 aliphatic heterocycles. The first-order chi connectivity index (χ1) is 6.08. The summed E-state index contributed by atoms with van der Waals surface area (Å²) in [5, 5.41) is 2.88. The second-order valence-corrected chi connectivity index (χ2v) is 2.66. The Labute approximate surface area is 86.7 Å². The molecule has 2 amide bonds. The van der Waals surface area contributed by atoms with Crippen molar-refractivity contribution in [1.82, 2.24) is 5.32 Å². The van der Waals surface area contributed by atoms with Crippen LogP contribution >= 0.6 is 15.9 Å². The van der Waals surface area contributed by atoms with Crippen LogP contribution in [0.4, 0.5) is 0 Å². The molecule has 3 N–H and O–H groups in total. The summed E-state index contributed by atoms with van der Waals surface area (Å²) in [6.45, 7) is 6.05. The highest BCUT2D eigenvalue weighted by Crippen LogP contribution is 1.71. The fraction of sp³-hybridized carbons (Fsp3) is 0.500. The predicted molar refractivity (Wildman–Crippen MR) is 56.5 cm³/mol. The Morgan fingerprint density at radius 1 is 1.62 bits per heavy atom. The molecule has 13 heavy (non-hydrogen) atoms. The second-order valence-electron chi connectivity index (χ2n) is 2.10. The van der Waals surface area contributed by atoms with E-state index in [1.807, 2.05) is 6.92 Å². The number of carbonyl (C=O) groups is 2. The molecule has 0 aromatic rings. The van der Waals surface area contributed by atoms with Gasteiger partial charge in [0.1, 0.15) is 0 Å². The summed E-state index contributed by atoms with van der Waals surface area (Å²) in [6.07, 6.45) is 2.25. The summed E-state index contributed by atoms with van der Waals surface area (Å²) in [7, 11) is 0. The van der Waals surface area contributed by atoms with Crippen molar-refractivity contribution in [3.8, 4) is 0 Å². The summed E-state index contributed by atoms with van der Waals surface area (Å²) < 4.78 is 0. The van der Waals surface area contributed by atoms with E-state index >= 15 is 0 Å². The molecule has 0 aromatic carbocycles. The van der Waals surface area contributed by atoms with E-state index in [-0.39, 0.29) is 17.1 Å². The predicted octanol–water partition coefficient (Wildman–Crippen LogP) is 0.565. The number of nitrogens with two attached hydrogens (primary N) is 1. The van der Waals surface area contributed by atoms with Gasteiger partial charge in [-0.3, -0.25) is 9.59 Å². The van der Waals surface area contributed by atoms with E-state index < -0.39 is 0 Å². The van der Waals surface area contributed by atoms with E-state index in [1.165, 1.54) is 6.08 Å². The van der Waals surface area contributed by atoms with E-state index in [4.69, 9.17) is 0 Å². The average molecular weight is 251 g/mol. The number of amides is 2. The van der Waals surface area contributed by atoms with Gasteiger partial charge in [-0.1, -0.05) is 29.4 Å². The van der Waals surface area contributed by atoms with Crippen LogP contribution in [0.2, 0.25) is 0 Å². The molecule has 0 radical (unpaired) electrons. The molecule has 0 fully saturated rings. The number of hydrogen-bond donors (Lipinski definition) is 2. The number of hydrogen-bond acceptors (Lipinski definition) is 2. The fourth-order valence-electron chi connectivity index (χ4n) is 0.320. The molecule has 0 aliphatic rings. The maximum Gasteiger partial charge on any atom is 0.243 e. The third-order valence-electron chi connectivity index (χ3n) is 0.866. The van der Waals surface area contributed by atoms with Crippen molar-refractivity contribution < 1.29 is 9.59 Å². The van der Waals surface area contributed by atoms with Gasteiger partial charge in [-0.15, -0.1) is 0 Å². The number of primary amides is 1. The highest BCUT2D eigenvalue weighted by atomic mass is 79.9. The minimum atomic E-state index is -0.329. The van der Waals surface area contributed by atoms with Crippen molar-refractivity contribution in [3.05, 3.63) is 12.7 Å². The molecular formula is C8H15BrN2O2. The number of nitrogens with one attached hydrogen (secondary N) is 1. The monoisotopic (exact) mass is 250 g/mol. The molecule has 4 nitrogen and oxygen atoms in total. The SMILES string of the molecule is C=CC(=O)NCCC.NC(=O)CBr. The quantitative estimate of drug-likeness (QED) is 0.566. The van der Waals surface area contributed by atoms with Crippen LogP contribution in [-0.2, 0) is 9.59 Å². The smallest absolute Gasteiger partial charge is 0.243 e. The highest BCUT2D eigenvalue weighted by molar-refractivity contribution is 9.09. The molecule has 0 saturated carbocycles. The molecule has 0 saturated heterocycles. The highest BCUT2D eigenvalue weighted by Gasteiger charge is 1.86. The molecule has 76 valence electrons. The maximum atomic E-state index is 10.3. The first-order valence-corrected chi connectivity index (χ1v) is 4.95. The number of rotatable bonds is 4. The topological polar surface area (TPSA) is 72.2 Å². The van der Waals surface area contributed by atoms with Crippen molar-refractivity contribution in [2.75, 3.05) is 11.9 Å². The van der Waals surface area contributed by atoms with Gasteiger partial charge >= 0.3 is 0 Å². The van der Waals surface area contributed by atoms with Gasteiger partial charge in [-0.05, 0) is 12.5 Å². The van der Waals surface area contributed by atoms with Crippen LogP contribution in [0.1, 0.15) is 13.3 Å². The Kier molecular flexibility index (Phi) is 12.6. The fourth-order valence-corrected chi connectivity index (χ4v) is 0.320. The van der Waals surface area contributed by atoms with E-state index in [0.29, 0.717) is 0 Å². The molecule has 0 unspecified atom stereocenters. The largest absolute Gasteiger partial charge is 0.369 e. The van der Waals surface area contributed by atoms with Crippen LogP contribution in [0.25, 0.3) is 0 Å². The van der Waals surface area contributed by atoms with Gasteiger partial charge in [0, 0.05) is 6.54 Å². The summed E-state index contributed by atoms with van der Waals surface area (Å²) in [5.74, 6) is -0.420. The lowest BCUT2D eigenvalue weighted by Crippen LogP contribution is -2.20. The van der Waals surface area contributed by atoms with Gasteiger partial charge in [0.15, 0.2) is 0 Å². The Bertz CT molecular complexity index is 172. The first kappa shape index (κ1) is 14.7. The third kappa shape index (κ3) is 18.3. The van der Waals surface area contributed by atoms with Gasteiger partial charge in [0.05, 0.1) is 5.33 Å². The average Bonchev–Trinajstić information content (AvgIpc) is 2.15. The second kappa shape index (κ2) is 11.2. The zero-order valence-electron chi connectivity index (χ0n) is 7.68. The minimum Gasteiger partial charge on any atom is -0.369 e. The van der Waals surface area contributed by atoms with E-state index in [9.17, 15) is 9.59 Å². The molecular weight excluding hydrogens is 236 g/mol. The molecule has 0 atom stereocenters. The molecule has 5 heteroatoms. The third-order valence-corrected chi connectivity index (χ3v) is 1.42. The Hall–Kier alpha value is -0.840. The van der Waals surface area contributed by atoms with Crippen molar-refractivity contribution >= 4 is 27.7 Å². The molecule has 0 rings (SSSR count). The van der Waals surface area contributed by atoms with Crippen LogP contribution in [0.5, 0.6) is 0 Å². The number of carbonyl (C=O) groups excluding carboxylic acids is 2. The Balaban J connectivity index is 0. The minimum absolute atomic E-state index is 0.0909. The van der Waals surface area contributed by atoms with Crippen LogP contribution in [0.3, 0.4) is 0 Å². The van der Waals surface area contributed by atoms with Gasteiger partial charge in [-0.25, -0.2) is 0 Å². The Morgan fingerprint density at radius 3 is 2.31 bits per heavy atom. The summed E-state index contributed by atoms with van der Waals surface area (Å²) >= 11 is 2.84. The lowest BCUT2D eigenvalue weighted by Gasteiger charge is -1.94. The van der Waals surface area contributed by atoms with Gasteiger partial charge in [-0.2, -0.15) is 0 Å². The lowest BCUT2D eigenvalue weighted by atomic mass is 10.4. The van der Waals surface area contributed by atoms with Crippen molar-refractivity contribution in [1.29, 1.82) is 0 Å². The molecule has 0 aromatic heterocycles. The number of halogens is 1. The van der Waals surface area contributed by atoms with Crippen LogP contribution in [-0.4, -0.2) is 23.7 Å². The van der Waals surface area contributed by atoms with E-state index in [2.05, 4.69) is 33.6 Å². The van der Waals surface area contributed by atoms with Gasteiger partial charge in [0.2, 0.25) is 11.8 Å². The molecule has 0 spiro atoms. The zero-order valence-corrected chi connectivity index (χ0v) is 9.26. The number of alkyl halides is 1. The Morgan fingerprint density at radius 2 is 2.08 bits per heavy atom. The van der Waals surface area contributed by atoms with Gasteiger partial charge < -0.3 is 11.1 Å². The zero-order chi connectivity index (χ0) is 10.7. The first-order valence-electron chi connectivity index (χ1n) is 3.83. The van der Waals surface area contributed by atoms with Crippen LogP contribution in [0, 0.1) is 0 Å². The van der Waals surface area contributed by atoms with Crippen molar-refractivity contribution in [3.63, 3.8) is 0 Å². The van der Waals surface area contributed by atoms with Crippen LogP contribution in [0.15, 0.2) is 12.7 Å². The van der Waals surface area contributed by atoms with E-state index in [1.54, 1.807) is 0 Å². The van der Waals surface area contributed by atoms with Crippen molar-refractivity contribution in [2.24, 2.45) is 5.73 Å². The lowest BCUT2D eigenvalue weighted by molar-refractivity contribution is -0.116. The van der Waals surface area contributed by atoms with Gasteiger partial charge in [0.25, 0.3) is 0 Å². The summed E-state index contributed by atoms with van der Waals surface area (Å²) in [6, 6.07) is 0. The maximum absolute atomic E-state index is 10.3. The summed E-state index contributed by atoms with van der Waals surface area (Å²) in [4.78, 5) is 19.9. The van der Waals surface area contributed by atoms with Crippen LogP contribution < -0.4 is 11.1 Å². The molecule has 0 bridgehead atoms. The normalized spacial score (nSPS) is 7.85. The van der Waals surface area contributed by atoms with Crippen molar-refractivity contribution in [2.45, 2.75) is 13.3 Å². The molecule has 0 aliphatic carbocycles. The molecule has 0 heterocycles. The summed E-state index contributed by atoms with van der Waals surface area (Å²) in [5.41, 5.74) is 4.61. The standard InChI is InChI=1S/C6H11NO.C2H4BrNO/c1-3-5-7-6(8)4-2;3-1-2(4)5/h4H,2-3,5H2,1H3,(H,7,8);1H2,(H2,4,5).